The van der Waals surface area contributed by atoms with Gasteiger partial charge in [0, 0.05) is 24.8 Å². The van der Waals surface area contributed by atoms with Gasteiger partial charge in [0.1, 0.15) is 5.82 Å². The van der Waals surface area contributed by atoms with E-state index in [2.05, 4.69) is 20.4 Å². The first-order valence-electron chi connectivity index (χ1n) is 5.74. The molecule has 0 aliphatic rings. The van der Waals surface area contributed by atoms with E-state index in [1.54, 1.807) is 12.4 Å². The summed E-state index contributed by atoms with van der Waals surface area (Å²) in [6, 6.07) is 9.95. The molecule has 90 valence electrons. The Morgan fingerprint density at radius 3 is 2.89 bits per heavy atom. The van der Waals surface area contributed by atoms with Gasteiger partial charge in [-0.05, 0) is 18.2 Å². The normalized spacial score (nSPS) is 10.4. The molecule has 0 spiro atoms. The third-order valence-electron chi connectivity index (χ3n) is 2.66. The lowest BCUT2D eigenvalue weighted by atomic mass is 10.2. The number of H-pyrrole nitrogens is 1. The zero-order valence-electron chi connectivity index (χ0n) is 9.74. The van der Waals surface area contributed by atoms with E-state index >= 15 is 0 Å². The van der Waals surface area contributed by atoms with Crippen LogP contribution in [0.15, 0.2) is 55.1 Å². The van der Waals surface area contributed by atoms with Crippen molar-refractivity contribution in [3.63, 3.8) is 0 Å². The van der Waals surface area contributed by atoms with Gasteiger partial charge in [-0.1, -0.05) is 12.1 Å². The minimum atomic E-state index is 0.658. The van der Waals surface area contributed by atoms with Crippen molar-refractivity contribution >= 4 is 5.69 Å². The van der Waals surface area contributed by atoms with Crippen LogP contribution >= 0.6 is 0 Å². The lowest BCUT2D eigenvalue weighted by molar-refractivity contribution is 0.877. The Morgan fingerprint density at radius 1 is 1.17 bits per heavy atom. The fraction of sp³-hybridized carbons (Fsp3) is 0.0769. The van der Waals surface area contributed by atoms with Gasteiger partial charge in [0.25, 0.3) is 0 Å². The fourth-order valence-electron chi connectivity index (χ4n) is 1.81. The van der Waals surface area contributed by atoms with Crippen molar-refractivity contribution in [3.8, 4) is 5.69 Å². The van der Waals surface area contributed by atoms with Crippen LogP contribution in [0.3, 0.4) is 0 Å². The Morgan fingerprint density at radius 2 is 2.11 bits per heavy atom. The molecular formula is C13H13N5. The van der Waals surface area contributed by atoms with Crippen LogP contribution in [0, 0.1) is 0 Å². The molecule has 2 N–H and O–H groups in total. The molecule has 18 heavy (non-hydrogen) atoms. The molecule has 3 rings (SSSR count). The molecule has 0 aliphatic carbocycles. The highest BCUT2D eigenvalue weighted by molar-refractivity contribution is 5.60. The first-order chi connectivity index (χ1) is 8.93. The van der Waals surface area contributed by atoms with Crippen molar-refractivity contribution in [1.82, 2.24) is 19.7 Å². The predicted octanol–water partition coefficient (Wildman–Crippen LogP) is 2.21. The molecule has 0 saturated carbocycles. The Balaban J connectivity index is 1.84. The van der Waals surface area contributed by atoms with Crippen molar-refractivity contribution in [2.75, 3.05) is 5.32 Å². The Hall–Kier alpha value is -2.56. The standard InChI is InChI=1S/C13H13N5/c1-2-5-12(18-9-3-6-17-18)11(4-1)16-10-13-14-7-8-15-13/h1-9,16H,10H2,(H,14,15). The quantitative estimate of drug-likeness (QED) is 0.733. The number of anilines is 1. The number of nitrogens with zero attached hydrogens (tertiary/aromatic N) is 3. The van der Waals surface area contributed by atoms with Crippen LogP contribution < -0.4 is 5.32 Å². The number of aromatic nitrogens is 4. The Labute approximate surface area is 104 Å². The van der Waals surface area contributed by atoms with Crippen molar-refractivity contribution in [1.29, 1.82) is 0 Å². The molecule has 5 heteroatoms. The van der Waals surface area contributed by atoms with Gasteiger partial charge < -0.3 is 10.3 Å². The average Bonchev–Trinajstić information content (AvgIpc) is 3.10. The summed E-state index contributed by atoms with van der Waals surface area (Å²) in [5, 5.41) is 7.59. The van der Waals surface area contributed by atoms with Gasteiger partial charge in [0.2, 0.25) is 0 Å². The van der Waals surface area contributed by atoms with Gasteiger partial charge in [-0.3, -0.25) is 0 Å². The number of hydrogen-bond acceptors (Lipinski definition) is 3. The van der Waals surface area contributed by atoms with Gasteiger partial charge in [-0.25, -0.2) is 9.67 Å². The number of rotatable bonds is 4. The lowest BCUT2D eigenvalue weighted by Gasteiger charge is -2.10. The second-order valence-corrected chi connectivity index (χ2v) is 3.86. The van der Waals surface area contributed by atoms with Crippen LogP contribution in [-0.4, -0.2) is 19.7 Å². The van der Waals surface area contributed by atoms with Crippen LogP contribution in [0.4, 0.5) is 5.69 Å². The first-order valence-corrected chi connectivity index (χ1v) is 5.74. The van der Waals surface area contributed by atoms with Crippen LogP contribution in [0.1, 0.15) is 5.82 Å². The molecule has 0 saturated heterocycles. The van der Waals surface area contributed by atoms with Crippen molar-refractivity contribution < 1.29 is 0 Å². The summed E-state index contributed by atoms with van der Waals surface area (Å²) in [5.41, 5.74) is 2.05. The number of imidazole rings is 1. The number of nitrogens with one attached hydrogen (secondary N) is 2. The topological polar surface area (TPSA) is 58.5 Å². The van der Waals surface area contributed by atoms with Gasteiger partial charge in [-0.15, -0.1) is 0 Å². The van der Waals surface area contributed by atoms with Crippen molar-refractivity contribution in [2.45, 2.75) is 6.54 Å². The summed E-state index contributed by atoms with van der Waals surface area (Å²) < 4.78 is 1.84. The second kappa shape index (κ2) is 4.75. The van der Waals surface area contributed by atoms with E-state index in [4.69, 9.17) is 0 Å². The van der Waals surface area contributed by atoms with E-state index in [0.717, 1.165) is 17.2 Å². The Bertz CT molecular complexity index is 598. The van der Waals surface area contributed by atoms with Crippen molar-refractivity contribution in [3.05, 3.63) is 60.9 Å². The molecule has 3 aromatic rings. The summed E-state index contributed by atoms with van der Waals surface area (Å²) in [6.45, 7) is 0.658. The summed E-state index contributed by atoms with van der Waals surface area (Å²) in [5.74, 6) is 0.908. The number of aromatic amines is 1. The molecule has 5 nitrogen and oxygen atoms in total. The van der Waals surface area contributed by atoms with Crippen LogP contribution in [0.2, 0.25) is 0 Å². The maximum absolute atomic E-state index is 4.25. The zero-order chi connectivity index (χ0) is 12.2. The molecule has 0 aliphatic heterocycles. The lowest BCUT2D eigenvalue weighted by Crippen LogP contribution is -2.05. The SMILES string of the molecule is c1ccc(-n2cccn2)c(NCc2ncc[nH]2)c1. The minimum Gasteiger partial charge on any atom is -0.376 e. The molecule has 2 heterocycles. The van der Waals surface area contributed by atoms with E-state index in [-0.39, 0.29) is 0 Å². The average molecular weight is 239 g/mol. The summed E-state index contributed by atoms with van der Waals surface area (Å²) >= 11 is 0. The van der Waals surface area contributed by atoms with Gasteiger partial charge in [0.15, 0.2) is 0 Å². The molecule has 0 unspecified atom stereocenters. The number of benzene rings is 1. The Kier molecular flexibility index (Phi) is 2.79. The summed E-state index contributed by atoms with van der Waals surface area (Å²) in [7, 11) is 0. The van der Waals surface area contributed by atoms with Gasteiger partial charge >= 0.3 is 0 Å². The molecule has 0 bridgehead atoms. The smallest absolute Gasteiger partial charge is 0.125 e. The minimum absolute atomic E-state index is 0.658. The monoisotopic (exact) mass is 239 g/mol. The third-order valence-corrected chi connectivity index (χ3v) is 2.66. The molecule has 0 radical (unpaired) electrons. The van der Waals surface area contributed by atoms with Gasteiger partial charge in [0.05, 0.1) is 17.9 Å². The maximum Gasteiger partial charge on any atom is 0.125 e. The van der Waals surface area contributed by atoms with E-state index in [1.807, 2.05) is 47.4 Å². The highest BCUT2D eigenvalue weighted by atomic mass is 15.3. The van der Waals surface area contributed by atoms with Crippen molar-refractivity contribution in [2.24, 2.45) is 0 Å². The van der Waals surface area contributed by atoms with E-state index < -0.39 is 0 Å². The third kappa shape index (κ3) is 2.10. The number of para-hydroxylation sites is 2. The largest absolute Gasteiger partial charge is 0.376 e. The van der Waals surface area contributed by atoms with Crippen LogP contribution in [0.25, 0.3) is 5.69 Å². The molecule has 0 atom stereocenters. The maximum atomic E-state index is 4.25. The fourth-order valence-corrected chi connectivity index (χ4v) is 1.81. The number of hydrogen-bond donors (Lipinski definition) is 2. The second-order valence-electron chi connectivity index (χ2n) is 3.86. The highest BCUT2D eigenvalue weighted by Gasteiger charge is 2.04. The highest BCUT2D eigenvalue weighted by Crippen LogP contribution is 2.19. The first kappa shape index (κ1) is 10.6. The van der Waals surface area contributed by atoms with E-state index in [1.165, 1.54) is 0 Å². The molecule has 0 amide bonds. The zero-order valence-corrected chi connectivity index (χ0v) is 9.74. The summed E-state index contributed by atoms with van der Waals surface area (Å²) in [6.07, 6.45) is 7.25. The van der Waals surface area contributed by atoms with Crippen LogP contribution in [0.5, 0.6) is 0 Å². The van der Waals surface area contributed by atoms with Crippen LogP contribution in [-0.2, 0) is 6.54 Å². The molecule has 2 aromatic heterocycles. The molecule has 1 aromatic carbocycles. The van der Waals surface area contributed by atoms with E-state index in [0.29, 0.717) is 6.54 Å². The van der Waals surface area contributed by atoms with Gasteiger partial charge in [-0.2, -0.15) is 5.10 Å². The predicted molar refractivity (Wildman–Crippen MR) is 69.5 cm³/mol. The van der Waals surface area contributed by atoms with E-state index in [9.17, 15) is 0 Å². The molecule has 0 fully saturated rings. The molecular weight excluding hydrogens is 226 g/mol. The summed E-state index contributed by atoms with van der Waals surface area (Å²) in [4.78, 5) is 7.25.